The lowest BCUT2D eigenvalue weighted by molar-refractivity contribution is -0.140. The Morgan fingerprint density at radius 1 is 1.13 bits per heavy atom. The molecule has 0 fully saturated rings. The van der Waals surface area contributed by atoms with Crippen molar-refractivity contribution in [3.8, 4) is 5.75 Å². The SMILES string of the molecule is Cc1c(C(F)(F)F)c(=O)oc2c(F)c(OC(C)(C)C)c(F)cc12. The molecule has 0 aliphatic carbocycles. The molecule has 1 aromatic heterocycles. The average Bonchev–Trinajstić information content (AvgIpc) is 2.33. The van der Waals surface area contributed by atoms with E-state index >= 15 is 0 Å². The number of rotatable bonds is 1. The van der Waals surface area contributed by atoms with Crippen LogP contribution in [0.5, 0.6) is 5.75 Å². The molecule has 0 aliphatic heterocycles. The largest absolute Gasteiger partial charge is 0.482 e. The molecule has 0 unspecified atom stereocenters. The molecular formula is C15H13F5O3. The monoisotopic (exact) mass is 336 g/mol. The Morgan fingerprint density at radius 2 is 1.70 bits per heavy atom. The summed E-state index contributed by atoms with van der Waals surface area (Å²) in [4.78, 5) is 11.5. The van der Waals surface area contributed by atoms with Crippen molar-refractivity contribution in [3.05, 3.63) is 39.2 Å². The first-order chi connectivity index (χ1) is 10.3. The molecule has 8 heteroatoms. The Balaban J connectivity index is 2.86. The second-order valence-corrected chi connectivity index (χ2v) is 5.98. The molecule has 126 valence electrons. The average molecular weight is 336 g/mol. The molecule has 0 spiro atoms. The third-order valence-electron chi connectivity index (χ3n) is 3.00. The maximum absolute atomic E-state index is 14.4. The van der Waals surface area contributed by atoms with Crippen LogP contribution in [-0.2, 0) is 6.18 Å². The fourth-order valence-electron chi connectivity index (χ4n) is 2.12. The highest BCUT2D eigenvalue weighted by atomic mass is 19.4. The minimum Gasteiger partial charge on any atom is -0.482 e. The van der Waals surface area contributed by atoms with Crippen molar-refractivity contribution in [2.75, 3.05) is 0 Å². The minimum atomic E-state index is -4.99. The molecule has 0 saturated carbocycles. The lowest BCUT2D eigenvalue weighted by Gasteiger charge is -2.22. The summed E-state index contributed by atoms with van der Waals surface area (Å²) in [6.07, 6.45) is -4.99. The summed E-state index contributed by atoms with van der Waals surface area (Å²) in [5, 5.41) is -0.479. The van der Waals surface area contributed by atoms with Gasteiger partial charge in [0, 0.05) is 5.39 Å². The van der Waals surface area contributed by atoms with Gasteiger partial charge in [-0.1, -0.05) is 0 Å². The fraction of sp³-hybridized carbons (Fsp3) is 0.400. The summed E-state index contributed by atoms with van der Waals surface area (Å²) < 4.78 is 76.6. The van der Waals surface area contributed by atoms with E-state index in [-0.39, 0.29) is 0 Å². The molecule has 2 rings (SSSR count). The smallest absolute Gasteiger partial charge is 0.423 e. The van der Waals surface area contributed by atoms with Crippen molar-refractivity contribution in [1.29, 1.82) is 0 Å². The van der Waals surface area contributed by atoms with Crippen LogP contribution in [-0.4, -0.2) is 5.60 Å². The normalized spacial score (nSPS) is 12.7. The molecule has 0 amide bonds. The van der Waals surface area contributed by atoms with E-state index in [1.165, 1.54) is 20.8 Å². The van der Waals surface area contributed by atoms with Gasteiger partial charge in [-0.25, -0.2) is 9.18 Å². The highest BCUT2D eigenvalue weighted by Crippen LogP contribution is 2.37. The van der Waals surface area contributed by atoms with Gasteiger partial charge in [-0.2, -0.15) is 17.6 Å². The number of ether oxygens (including phenoxy) is 1. The van der Waals surface area contributed by atoms with Crippen molar-refractivity contribution >= 4 is 11.0 Å². The van der Waals surface area contributed by atoms with Crippen molar-refractivity contribution in [1.82, 2.24) is 0 Å². The van der Waals surface area contributed by atoms with Crippen LogP contribution >= 0.6 is 0 Å². The second kappa shape index (κ2) is 5.21. The third-order valence-corrected chi connectivity index (χ3v) is 3.00. The number of alkyl halides is 3. The lowest BCUT2D eigenvalue weighted by Crippen LogP contribution is -2.25. The summed E-state index contributed by atoms with van der Waals surface area (Å²) >= 11 is 0. The zero-order valence-electron chi connectivity index (χ0n) is 12.7. The molecule has 23 heavy (non-hydrogen) atoms. The van der Waals surface area contributed by atoms with E-state index < -0.39 is 56.9 Å². The number of halogens is 5. The number of benzene rings is 1. The van der Waals surface area contributed by atoms with E-state index in [0.29, 0.717) is 6.07 Å². The molecule has 0 bridgehead atoms. The maximum Gasteiger partial charge on any atom is 0.423 e. The summed E-state index contributed by atoms with van der Waals surface area (Å²) in [7, 11) is 0. The highest BCUT2D eigenvalue weighted by molar-refractivity contribution is 5.83. The summed E-state index contributed by atoms with van der Waals surface area (Å²) in [5.41, 5.74) is -5.68. The quantitative estimate of drug-likeness (QED) is 0.565. The van der Waals surface area contributed by atoms with Crippen LogP contribution in [0.25, 0.3) is 11.0 Å². The Morgan fingerprint density at radius 3 is 2.17 bits per heavy atom. The highest BCUT2D eigenvalue weighted by Gasteiger charge is 2.38. The van der Waals surface area contributed by atoms with Crippen LogP contribution in [0.3, 0.4) is 0 Å². The molecule has 3 nitrogen and oxygen atoms in total. The predicted molar refractivity (Wildman–Crippen MR) is 72.5 cm³/mol. The molecule has 0 aliphatic rings. The first kappa shape index (κ1) is 17.2. The first-order valence-electron chi connectivity index (χ1n) is 6.54. The van der Waals surface area contributed by atoms with Crippen LogP contribution in [0.15, 0.2) is 15.3 Å². The number of hydrogen-bond donors (Lipinski definition) is 0. The van der Waals surface area contributed by atoms with E-state index in [9.17, 15) is 26.7 Å². The molecule has 0 radical (unpaired) electrons. The van der Waals surface area contributed by atoms with Crippen molar-refractivity contribution in [2.45, 2.75) is 39.5 Å². The van der Waals surface area contributed by atoms with Crippen LogP contribution in [0, 0.1) is 18.6 Å². The Bertz CT molecular complexity index is 828. The predicted octanol–water partition coefficient (Wildman–Crippen LogP) is 4.58. The van der Waals surface area contributed by atoms with Gasteiger partial charge in [0.05, 0.1) is 0 Å². The summed E-state index contributed by atoms with van der Waals surface area (Å²) in [6.45, 7) is 5.55. The van der Waals surface area contributed by atoms with Gasteiger partial charge in [-0.15, -0.1) is 0 Å². The van der Waals surface area contributed by atoms with Gasteiger partial charge in [-0.3, -0.25) is 0 Å². The Labute approximate surface area is 127 Å². The van der Waals surface area contributed by atoms with Crippen LogP contribution in [0.2, 0.25) is 0 Å². The van der Waals surface area contributed by atoms with Crippen molar-refractivity contribution in [3.63, 3.8) is 0 Å². The van der Waals surface area contributed by atoms with Gasteiger partial charge < -0.3 is 9.15 Å². The zero-order valence-corrected chi connectivity index (χ0v) is 12.7. The van der Waals surface area contributed by atoms with Crippen LogP contribution in [0.1, 0.15) is 31.9 Å². The molecule has 0 N–H and O–H groups in total. The van der Waals surface area contributed by atoms with Gasteiger partial charge in [0.1, 0.15) is 11.2 Å². The van der Waals surface area contributed by atoms with E-state index in [0.717, 1.165) is 6.92 Å². The number of hydrogen-bond acceptors (Lipinski definition) is 3. The summed E-state index contributed by atoms with van der Waals surface area (Å²) in [6, 6.07) is 0.660. The van der Waals surface area contributed by atoms with Gasteiger partial charge in [-0.05, 0) is 39.3 Å². The molecule has 1 aromatic carbocycles. The van der Waals surface area contributed by atoms with Crippen LogP contribution in [0.4, 0.5) is 22.0 Å². The van der Waals surface area contributed by atoms with E-state index in [4.69, 9.17) is 4.74 Å². The fourth-order valence-corrected chi connectivity index (χ4v) is 2.12. The maximum atomic E-state index is 14.4. The van der Waals surface area contributed by atoms with Gasteiger partial charge >= 0.3 is 11.8 Å². The molecule has 2 aromatic rings. The standard InChI is InChI=1S/C15H13F5O3/c1-6-7-5-8(16)12(23-14(2,3)4)10(17)11(7)22-13(21)9(6)15(18,19)20/h5H,1-4H3. The first-order valence-corrected chi connectivity index (χ1v) is 6.54. The van der Waals surface area contributed by atoms with E-state index in [1.54, 1.807) is 0 Å². The molecular weight excluding hydrogens is 323 g/mol. The molecule has 0 atom stereocenters. The van der Waals surface area contributed by atoms with Gasteiger partial charge in [0.25, 0.3) is 0 Å². The molecule has 1 heterocycles. The number of fused-ring (bicyclic) bond motifs is 1. The lowest BCUT2D eigenvalue weighted by atomic mass is 10.0. The topological polar surface area (TPSA) is 39.4 Å². The van der Waals surface area contributed by atoms with Crippen LogP contribution < -0.4 is 10.4 Å². The number of aryl methyl sites for hydroxylation is 1. The Kier molecular flexibility index (Phi) is 3.90. The Hall–Kier alpha value is -2.12. The second-order valence-electron chi connectivity index (χ2n) is 5.98. The van der Waals surface area contributed by atoms with Crippen molar-refractivity contribution in [2.24, 2.45) is 0 Å². The van der Waals surface area contributed by atoms with Gasteiger partial charge in [0.15, 0.2) is 17.1 Å². The van der Waals surface area contributed by atoms with E-state index in [2.05, 4.69) is 4.42 Å². The summed E-state index contributed by atoms with van der Waals surface area (Å²) in [5.74, 6) is -3.36. The third kappa shape index (κ3) is 3.16. The minimum absolute atomic E-state index is 0.479. The van der Waals surface area contributed by atoms with E-state index in [1.807, 2.05) is 0 Å². The van der Waals surface area contributed by atoms with Gasteiger partial charge in [0.2, 0.25) is 5.82 Å². The zero-order chi connectivity index (χ0) is 17.7. The molecule has 0 saturated heterocycles. The van der Waals surface area contributed by atoms with Crippen molar-refractivity contribution < 1.29 is 31.1 Å².